The molecule has 0 unspecified atom stereocenters. The molecule has 0 spiro atoms. The molecule has 3 aromatic rings. The molecule has 134 valence electrons. The summed E-state index contributed by atoms with van der Waals surface area (Å²) >= 11 is 1.44. The predicted octanol–water partition coefficient (Wildman–Crippen LogP) is 3.71. The standard InChI is InChI=1S/C19H19N3O3S/c1-12-18(14-5-4-8-20-11-14)26-19(21-12)22-17(23)10-13-6-7-15(24-2)16(9-13)25-3/h4-9,11H,10H2,1-3H3,(H,21,22,23). The van der Waals surface area contributed by atoms with Gasteiger partial charge in [-0.25, -0.2) is 4.98 Å². The predicted molar refractivity (Wildman–Crippen MR) is 102 cm³/mol. The average Bonchev–Trinajstić information content (AvgIpc) is 3.02. The molecule has 0 fully saturated rings. The van der Waals surface area contributed by atoms with Crippen LogP contribution in [0.25, 0.3) is 10.4 Å². The Morgan fingerprint density at radius 2 is 2.00 bits per heavy atom. The molecular formula is C19H19N3O3S. The summed E-state index contributed by atoms with van der Waals surface area (Å²) in [4.78, 5) is 21.9. The number of anilines is 1. The number of hydrogen-bond donors (Lipinski definition) is 1. The smallest absolute Gasteiger partial charge is 0.230 e. The third kappa shape index (κ3) is 4.00. The Morgan fingerprint density at radius 1 is 1.19 bits per heavy atom. The Labute approximate surface area is 155 Å². The Balaban J connectivity index is 1.71. The van der Waals surface area contributed by atoms with Crippen LogP contribution in [-0.2, 0) is 11.2 Å². The Bertz CT molecular complexity index is 910. The van der Waals surface area contributed by atoms with E-state index in [1.165, 1.54) is 11.3 Å². The number of hydrogen-bond acceptors (Lipinski definition) is 6. The zero-order valence-corrected chi connectivity index (χ0v) is 15.6. The largest absolute Gasteiger partial charge is 0.493 e. The van der Waals surface area contributed by atoms with Crippen LogP contribution in [0, 0.1) is 6.92 Å². The van der Waals surface area contributed by atoms with Gasteiger partial charge in [-0.05, 0) is 30.7 Å². The SMILES string of the molecule is COc1ccc(CC(=O)Nc2nc(C)c(-c3cccnc3)s2)cc1OC. The lowest BCUT2D eigenvalue weighted by atomic mass is 10.1. The highest BCUT2D eigenvalue weighted by Crippen LogP contribution is 2.32. The highest BCUT2D eigenvalue weighted by Gasteiger charge is 2.13. The fraction of sp³-hybridized carbons (Fsp3) is 0.211. The number of carbonyl (C=O) groups is 1. The van der Waals surface area contributed by atoms with Crippen molar-refractivity contribution in [2.24, 2.45) is 0 Å². The van der Waals surface area contributed by atoms with Gasteiger partial charge in [-0.2, -0.15) is 0 Å². The second kappa shape index (κ2) is 7.97. The number of rotatable bonds is 6. The molecule has 3 rings (SSSR count). The van der Waals surface area contributed by atoms with Crippen LogP contribution < -0.4 is 14.8 Å². The summed E-state index contributed by atoms with van der Waals surface area (Å²) in [6.07, 6.45) is 3.74. The number of methoxy groups -OCH3 is 2. The molecular weight excluding hydrogens is 350 g/mol. The van der Waals surface area contributed by atoms with E-state index in [1.54, 1.807) is 38.7 Å². The minimum atomic E-state index is -0.135. The summed E-state index contributed by atoms with van der Waals surface area (Å²) in [5.41, 5.74) is 2.69. The molecule has 0 aliphatic carbocycles. The average molecular weight is 369 g/mol. The van der Waals surface area contributed by atoms with Crippen molar-refractivity contribution >= 4 is 22.4 Å². The first-order chi connectivity index (χ1) is 12.6. The maximum absolute atomic E-state index is 12.4. The van der Waals surface area contributed by atoms with E-state index in [1.807, 2.05) is 25.1 Å². The fourth-order valence-corrected chi connectivity index (χ4v) is 3.53. The van der Waals surface area contributed by atoms with E-state index in [9.17, 15) is 4.79 Å². The van der Waals surface area contributed by atoms with E-state index in [4.69, 9.17) is 9.47 Å². The van der Waals surface area contributed by atoms with Gasteiger partial charge in [0.1, 0.15) is 0 Å². The summed E-state index contributed by atoms with van der Waals surface area (Å²) < 4.78 is 10.5. The van der Waals surface area contributed by atoms with Gasteiger partial charge in [0.25, 0.3) is 0 Å². The van der Waals surface area contributed by atoms with E-state index < -0.39 is 0 Å². The van der Waals surface area contributed by atoms with Gasteiger partial charge < -0.3 is 14.8 Å². The molecule has 0 aliphatic rings. The van der Waals surface area contributed by atoms with Gasteiger partial charge in [-0.3, -0.25) is 9.78 Å². The van der Waals surface area contributed by atoms with E-state index in [-0.39, 0.29) is 12.3 Å². The number of aryl methyl sites for hydroxylation is 1. The number of amides is 1. The van der Waals surface area contributed by atoms with Crippen LogP contribution in [0.5, 0.6) is 11.5 Å². The summed E-state index contributed by atoms with van der Waals surface area (Å²) in [5, 5.41) is 3.44. The van der Waals surface area contributed by atoms with Crippen LogP contribution in [0.4, 0.5) is 5.13 Å². The van der Waals surface area contributed by atoms with Crippen LogP contribution in [0.1, 0.15) is 11.3 Å². The number of carbonyl (C=O) groups excluding carboxylic acids is 1. The minimum absolute atomic E-state index is 0.135. The molecule has 0 atom stereocenters. The maximum atomic E-state index is 12.4. The van der Waals surface area contributed by atoms with Crippen LogP contribution in [0.2, 0.25) is 0 Å². The number of benzene rings is 1. The number of ether oxygens (including phenoxy) is 2. The Hall–Kier alpha value is -2.93. The highest BCUT2D eigenvalue weighted by molar-refractivity contribution is 7.19. The van der Waals surface area contributed by atoms with Gasteiger partial charge >= 0.3 is 0 Å². The fourth-order valence-electron chi connectivity index (χ4n) is 2.55. The third-order valence-corrected chi connectivity index (χ3v) is 4.90. The second-order valence-corrected chi connectivity index (χ2v) is 6.59. The number of nitrogens with one attached hydrogen (secondary N) is 1. The summed E-state index contributed by atoms with van der Waals surface area (Å²) in [7, 11) is 3.15. The van der Waals surface area contributed by atoms with E-state index in [0.29, 0.717) is 16.6 Å². The first-order valence-electron chi connectivity index (χ1n) is 7.99. The molecule has 1 N–H and O–H groups in total. The maximum Gasteiger partial charge on any atom is 0.230 e. The van der Waals surface area contributed by atoms with Gasteiger partial charge in [0, 0.05) is 18.0 Å². The molecule has 26 heavy (non-hydrogen) atoms. The topological polar surface area (TPSA) is 73.3 Å². The van der Waals surface area contributed by atoms with Crippen LogP contribution in [0.15, 0.2) is 42.7 Å². The van der Waals surface area contributed by atoms with Crippen LogP contribution in [0.3, 0.4) is 0 Å². The van der Waals surface area contributed by atoms with E-state index in [0.717, 1.165) is 21.7 Å². The molecule has 6 nitrogen and oxygen atoms in total. The van der Waals surface area contributed by atoms with Crippen molar-refractivity contribution in [3.05, 3.63) is 54.0 Å². The van der Waals surface area contributed by atoms with Crippen LogP contribution >= 0.6 is 11.3 Å². The van der Waals surface area contributed by atoms with Crippen molar-refractivity contribution < 1.29 is 14.3 Å². The molecule has 2 heterocycles. The van der Waals surface area contributed by atoms with Gasteiger partial charge in [-0.1, -0.05) is 23.5 Å². The lowest BCUT2D eigenvalue weighted by Crippen LogP contribution is -2.14. The summed E-state index contributed by atoms with van der Waals surface area (Å²) in [6, 6.07) is 9.28. The number of nitrogens with zero attached hydrogens (tertiary/aromatic N) is 2. The molecule has 0 radical (unpaired) electrons. The molecule has 7 heteroatoms. The Kier molecular flexibility index (Phi) is 5.48. The van der Waals surface area contributed by atoms with E-state index >= 15 is 0 Å². The van der Waals surface area contributed by atoms with Gasteiger partial charge in [0.05, 0.1) is 31.2 Å². The molecule has 0 saturated heterocycles. The number of aromatic nitrogens is 2. The third-order valence-electron chi connectivity index (χ3n) is 3.78. The monoisotopic (exact) mass is 369 g/mol. The zero-order chi connectivity index (χ0) is 18.5. The lowest BCUT2D eigenvalue weighted by molar-refractivity contribution is -0.115. The number of thiazole rings is 1. The normalized spacial score (nSPS) is 10.4. The minimum Gasteiger partial charge on any atom is -0.493 e. The van der Waals surface area contributed by atoms with Crippen molar-refractivity contribution in [3.63, 3.8) is 0 Å². The van der Waals surface area contributed by atoms with Crippen molar-refractivity contribution in [1.29, 1.82) is 0 Å². The lowest BCUT2D eigenvalue weighted by Gasteiger charge is -2.09. The van der Waals surface area contributed by atoms with Gasteiger partial charge in [0.2, 0.25) is 5.91 Å². The first kappa shape index (κ1) is 17.9. The van der Waals surface area contributed by atoms with Gasteiger partial charge in [-0.15, -0.1) is 0 Å². The second-order valence-electron chi connectivity index (χ2n) is 5.59. The summed E-state index contributed by atoms with van der Waals surface area (Å²) in [6.45, 7) is 1.92. The van der Waals surface area contributed by atoms with Crippen molar-refractivity contribution in [2.45, 2.75) is 13.3 Å². The van der Waals surface area contributed by atoms with Crippen molar-refractivity contribution in [2.75, 3.05) is 19.5 Å². The highest BCUT2D eigenvalue weighted by atomic mass is 32.1. The molecule has 1 amide bonds. The van der Waals surface area contributed by atoms with Crippen molar-refractivity contribution in [1.82, 2.24) is 9.97 Å². The molecule has 0 bridgehead atoms. The van der Waals surface area contributed by atoms with E-state index in [2.05, 4.69) is 15.3 Å². The molecule has 0 aliphatic heterocycles. The van der Waals surface area contributed by atoms with Crippen LogP contribution in [-0.4, -0.2) is 30.1 Å². The quantitative estimate of drug-likeness (QED) is 0.717. The molecule has 2 aromatic heterocycles. The Morgan fingerprint density at radius 3 is 2.69 bits per heavy atom. The number of pyridine rings is 1. The van der Waals surface area contributed by atoms with Crippen molar-refractivity contribution in [3.8, 4) is 21.9 Å². The molecule has 1 aromatic carbocycles. The summed E-state index contributed by atoms with van der Waals surface area (Å²) in [5.74, 6) is 1.10. The zero-order valence-electron chi connectivity index (χ0n) is 14.8. The van der Waals surface area contributed by atoms with Gasteiger partial charge in [0.15, 0.2) is 16.6 Å². The molecule has 0 saturated carbocycles. The first-order valence-corrected chi connectivity index (χ1v) is 8.81.